The van der Waals surface area contributed by atoms with E-state index in [0.717, 1.165) is 11.1 Å². The van der Waals surface area contributed by atoms with E-state index in [4.69, 9.17) is 34.8 Å². The largest absolute Gasteiger partial charge is 0.350 e. The molecule has 2 rings (SSSR count). The summed E-state index contributed by atoms with van der Waals surface area (Å²) in [5.74, 6) is 0.356. The highest BCUT2D eigenvalue weighted by atomic mass is 35.5. The highest BCUT2D eigenvalue weighted by molar-refractivity contribution is 7.99. The Kier molecular flexibility index (Phi) is 10.2. The maximum atomic E-state index is 13.3. The molecule has 0 spiro atoms. The van der Waals surface area contributed by atoms with Gasteiger partial charge in [0.25, 0.3) is 0 Å². The highest BCUT2D eigenvalue weighted by Crippen LogP contribution is 2.29. The minimum absolute atomic E-state index is 0.144. The topological polar surface area (TPSA) is 49.4 Å². The highest BCUT2D eigenvalue weighted by Gasteiger charge is 2.30. The average Bonchev–Trinajstić information content (AvgIpc) is 2.70. The Morgan fingerprint density at radius 1 is 1.00 bits per heavy atom. The molecular weight excluding hydrogens is 487 g/mol. The zero-order chi connectivity index (χ0) is 23.9. The Balaban J connectivity index is 2.21. The van der Waals surface area contributed by atoms with Gasteiger partial charge in [0.05, 0.1) is 5.75 Å². The van der Waals surface area contributed by atoms with Crippen molar-refractivity contribution in [3.8, 4) is 0 Å². The molecule has 1 unspecified atom stereocenters. The van der Waals surface area contributed by atoms with Crippen molar-refractivity contribution in [2.75, 3.05) is 5.75 Å². The fraction of sp³-hybridized carbons (Fsp3) is 0.417. The summed E-state index contributed by atoms with van der Waals surface area (Å²) >= 11 is 20.3. The van der Waals surface area contributed by atoms with Gasteiger partial charge in [-0.1, -0.05) is 66.0 Å². The molecular formula is C24H29Cl3N2O2S. The predicted octanol–water partition coefficient (Wildman–Crippen LogP) is 6.60. The standard InChI is InChI=1S/C24H29Cl3N2O2S/c1-5-21(23(31)28-24(2,3)4)29(13-16-9-6-7-10-18(16)25)22(30)15-32-14-17-19(26)11-8-12-20(17)27/h6-12,21H,5,13-15H2,1-4H3,(H,28,31). The van der Waals surface area contributed by atoms with Crippen molar-refractivity contribution in [3.63, 3.8) is 0 Å². The van der Waals surface area contributed by atoms with Crippen molar-refractivity contribution in [1.29, 1.82) is 0 Å². The molecule has 0 saturated heterocycles. The maximum Gasteiger partial charge on any atom is 0.243 e. The van der Waals surface area contributed by atoms with Crippen molar-refractivity contribution in [1.82, 2.24) is 10.2 Å². The van der Waals surface area contributed by atoms with Crippen LogP contribution in [0.2, 0.25) is 15.1 Å². The number of amides is 2. The zero-order valence-corrected chi connectivity index (χ0v) is 21.8. The van der Waals surface area contributed by atoms with E-state index in [1.54, 1.807) is 29.2 Å². The van der Waals surface area contributed by atoms with Crippen molar-refractivity contribution >= 4 is 58.4 Å². The summed E-state index contributed by atoms with van der Waals surface area (Å²) in [5, 5.41) is 4.70. The molecule has 8 heteroatoms. The summed E-state index contributed by atoms with van der Waals surface area (Å²) < 4.78 is 0. The van der Waals surface area contributed by atoms with Crippen LogP contribution in [0.1, 0.15) is 45.2 Å². The summed E-state index contributed by atoms with van der Waals surface area (Å²) in [6, 6.07) is 12.1. The zero-order valence-electron chi connectivity index (χ0n) is 18.8. The molecule has 2 aromatic rings. The molecule has 0 aliphatic rings. The van der Waals surface area contributed by atoms with Crippen molar-refractivity contribution in [3.05, 3.63) is 68.7 Å². The van der Waals surface area contributed by atoms with Crippen LogP contribution < -0.4 is 5.32 Å². The molecule has 1 atom stereocenters. The van der Waals surface area contributed by atoms with Gasteiger partial charge in [0, 0.05) is 32.9 Å². The van der Waals surface area contributed by atoms with Crippen LogP contribution in [0.15, 0.2) is 42.5 Å². The fourth-order valence-corrected chi connectivity index (χ4v) is 5.02. The fourth-order valence-electron chi connectivity index (χ4n) is 3.18. The summed E-state index contributed by atoms with van der Waals surface area (Å²) in [6.07, 6.45) is 0.485. The van der Waals surface area contributed by atoms with Crippen LogP contribution in [0, 0.1) is 0 Å². The summed E-state index contributed by atoms with van der Waals surface area (Å²) in [6.45, 7) is 7.90. The van der Waals surface area contributed by atoms with Gasteiger partial charge in [0.15, 0.2) is 0 Å². The van der Waals surface area contributed by atoms with Gasteiger partial charge in [-0.3, -0.25) is 9.59 Å². The summed E-state index contributed by atoms with van der Waals surface area (Å²) in [4.78, 5) is 27.9. The third kappa shape index (κ3) is 7.87. The molecule has 2 amide bonds. The van der Waals surface area contributed by atoms with E-state index in [-0.39, 0.29) is 24.1 Å². The Bertz CT molecular complexity index is 927. The summed E-state index contributed by atoms with van der Waals surface area (Å²) in [7, 11) is 0. The van der Waals surface area contributed by atoms with Gasteiger partial charge in [0.2, 0.25) is 11.8 Å². The Morgan fingerprint density at radius 3 is 2.16 bits per heavy atom. The molecule has 0 aliphatic heterocycles. The third-order valence-corrected chi connectivity index (χ3v) is 6.74. The van der Waals surface area contributed by atoms with Gasteiger partial charge >= 0.3 is 0 Å². The first-order valence-corrected chi connectivity index (χ1v) is 12.7. The first kappa shape index (κ1) is 26.8. The van der Waals surface area contributed by atoms with Crippen LogP contribution in [0.5, 0.6) is 0 Å². The molecule has 0 aliphatic carbocycles. The molecule has 4 nitrogen and oxygen atoms in total. The van der Waals surface area contributed by atoms with Gasteiger partial charge in [-0.05, 0) is 56.5 Å². The molecule has 1 N–H and O–H groups in total. The first-order chi connectivity index (χ1) is 15.0. The predicted molar refractivity (Wildman–Crippen MR) is 137 cm³/mol. The molecule has 0 saturated carbocycles. The molecule has 0 bridgehead atoms. The Morgan fingerprint density at radius 2 is 1.59 bits per heavy atom. The number of hydrogen-bond acceptors (Lipinski definition) is 3. The number of halogens is 3. The van der Waals surface area contributed by atoms with Crippen LogP contribution in [0.3, 0.4) is 0 Å². The number of nitrogens with zero attached hydrogens (tertiary/aromatic N) is 1. The SMILES string of the molecule is CCC(C(=O)NC(C)(C)C)N(Cc1ccccc1Cl)C(=O)CSCc1c(Cl)cccc1Cl. The van der Waals surface area contributed by atoms with Crippen LogP contribution in [0.4, 0.5) is 0 Å². The minimum atomic E-state index is -0.609. The van der Waals surface area contributed by atoms with E-state index in [0.29, 0.717) is 27.2 Å². The van der Waals surface area contributed by atoms with E-state index >= 15 is 0 Å². The average molecular weight is 516 g/mol. The number of rotatable bonds is 9. The van der Waals surface area contributed by atoms with E-state index < -0.39 is 11.6 Å². The van der Waals surface area contributed by atoms with Gasteiger partial charge in [-0.2, -0.15) is 0 Å². The van der Waals surface area contributed by atoms with E-state index in [1.807, 2.05) is 45.9 Å². The minimum Gasteiger partial charge on any atom is -0.350 e. The molecule has 0 aromatic heterocycles. The molecule has 174 valence electrons. The van der Waals surface area contributed by atoms with Crippen LogP contribution >= 0.6 is 46.6 Å². The molecule has 2 aromatic carbocycles. The number of carbonyl (C=O) groups is 2. The second kappa shape index (κ2) is 12.2. The smallest absolute Gasteiger partial charge is 0.243 e. The molecule has 0 radical (unpaired) electrons. The van der Waals surface area contributed by atoms with Gasteiger partial charge < -0.3 is 10.2 Å². The second-order valence-electron chi connectivity index (χ2n) is 8.47. The van der Waals surface area contributed by atoms with E-state index in [2.05, 4.69) is 5.32 Å². The van der Waals surface area contributed by atoms with Crippen LogP contribution in [-0.4, -0.2) is 34.0 Å². The quantitative estimate of drug-likeness (QED) is 0.409. The number of nitrogens with one attached hydrogen (secondary N) is 1. The molecule has 0 fully saturated rings. The van der Waals surface area contributed by atoms with Crippen LogP contribution in [0.25, 0.3) is 0 Å². The monoisotopic (exact) mass is 514 g/mol. The molecule has 32 heavy (non-hydrogen) atoms. The second-order valence-corrected chi connectivity index (χ2v) is 10.7. The Labute approximate surface area is 210 Å². The number of thioether (sulfide) groups is 1. The van der Waals surface area contributed by atoms with Gasteiger partial charge in [0.1, 0.15) is 6.04 Å². The lowest BCUT2D eigenvalue weighted by Gasteiger charge is -2.33. The number of carbonyl (C=O) groups excluding carboxylic acids is 2. The third-order valence-electron chi connectivity index (χ3n) is 4.72. The van der Waals surface area contributed by atoms with Crippen molar-refractivity contribution in [2.45, 2.75) is 58.0 Å². The van der Waals surface area contributed by atoms with Crippen LogP contribution in [-0.2, 0) is 21.9 Å². The number of benzene rings is 2. The maximum absolute atomic E-state index is 13.3. The van der Waals surface area contributed by atoms with Gasteiger partial charge in [-0.15, -0.1) is 11.8 Å². The van der Waals surface area contributed by atoms with Gasteiger partial charge in [-0.25, -0.2) is 0 Å². The lowest BCUT2D eigenvalue weighted by Crippen LogP contribution is -2.53. The normalized spacial score (nSPS) is 12.3. The lowest BCUT2D eigenvalue weighted by atomic mass is 10.1. The Hall–Kier alpha value is -1.40. The first-order valence-electron chi connectivity index (χ1n) is 10.4. The van der Waals surface area contributed by atoms with E-state index in [9.17, 15) is 9.59 Å². The van der Waals surface area contributed by atoms with Crippen molar-refractivity contribution < 1.29 is 9.59 Å². The molecule has 0 heterocycles. The van der Waals surface area contributed by atoms with E-state index in [1.165, 1.54) is 11.8 Å². The lowest BCUT2D eigenvalue weighted by molar-refractivity contribution is -0.140. The summed E-state index contributed by atoms with van der Waals surface area (Å²) in [5.41, 5.74) is 1.19. The van der Waals surface area contributed by atoms with Crippen molar-refractivity contribution in [2.24, 2.45) is 0 Å². The number of hydrogen-bond donors (Lipinski definition) is 1.